The van der Waals surface area contributed by atoms with Gasteiger partial charge in [0.15, 0.2) is 0 Å². The molecule has 2 aromatic rings. The van der Waals surface area contributed by atoms with Crippen LogP contribution in [-0.2, 0) is 0 Å². The van der Waals surface area contributed by atoms with E-state index in [0.29, 0.717) is 11.9 Å². The van der Waals surface area contributed by atoms with Gasteiger partial charge in [-0.05, 0) is 30.0 Å². The number of aromatic nitrogens is 1. The summed E-state index contributed by atoms with van der Waals surface area (Å²) in [6, 6.07) is 12.6. The van der Waals surface area contributed by atoms with Gasteiger partial charge in [0.25, 0.3) is 0 Å². The molecule has 1 aromatic carbocycles. The van der Waals surface area contributed by atoms with Crippen LogP contribution in [0.3, 0.4) is 0 Å². The standard InChI is InChI=1S/C16H21ClN2/c1-16(2,3)14(10-11-17)19-15-9-8-12-6-4-5-7-13(12)18-15/h4-9,14H,10-11H2,1-3H3,(H,18,19). The van der Waals surface area contributed by atoms with Crippen LogP contribution in [0, 0.1) is 5.41 Å². The summed E-state index contributed by atoms with van der Waals surface area (Å²) in [4.78, 5) is 4.66. The Morgan fingerprint density at radius 1 is 1.16 bits per heavy atom. The molecule has 0 fully saturated rings. The van der Waals surface area contributed by atoms with Crippen LogP contribution < -0.4 is 5.32 Å². The molecule has 2 rings (SSSR count). The molecule has 0 bridgehead atoms. The number of pyridine rings is 1. The smallest absolute Gasteiger partial charge is 0.126 e. The number of fused-ring (bicyclic) bond motifs is 1. The second kappa shape index (κ2) is 5.79. The highest BCUT2D eigenvalue weighted by Crippen LogP contribution is 2.26. The Hall–Kier alpha value is -1.28. The molecule has 0 saturated heterocycles. The molecule has 0 saturated carbocycles. The van der Waals surface area contributed by atoms with Gasteiger partial charge >= 0.3 is 0 Å². The van der Waals surface area contributed by atoms with Gasteiger partial charge in [0.1, 0.15) is 5.82 Å². The van der Waals surface area contributed by atoms with Crippen LogP contribution in [0.25, 0.3) is 10.9 Å². The predicted octanol–water partition coefficient (Wildman–Crippen LogP) is 4.69. The second-order valence-corrected chi connectivity index (χ2v) is 6.31. The fraction of sp³-hybridized carbons (Fsp3) is 0.438. The number of benzene rings is 1. The number of anilines is 1. The van der Waals surface area contributed by atoms with Crippen molar-refractivity contribution in [2.24, 2.45) is 5.41 Å². The molecular formula is C16H21ClN2. The summed E-state index contributed by atoms with van der Waals surface area (Å²) in [5.41, 5.74) is 1.17. The molecule has 1 atom stereocenters. The van der Waals surface area contributed by atoms with Crippen molar-refractivity contribution < 1.29 is 0 Å². The molecule has 19 heavy (non-hydrogen) atoms. The van der Waals surface area contributed by atoms with Gasteiger partial charge in [0.2, 0.25) is 0 Å². The van der Waals surface area contributed by atoms with Crippen LogP contribution in [0.5, 0.6) is 0 Å². The molecule has 0 aliphatic carbocycles. The lowest BCUT2D eigenvalue weighted by Gasteiger charge is -2.31. The van der Waals surface area contributed by atoms with E-state index in [1.807, 2.05) is 24.3 Å². The minimum absolute atomic E-state index is 0.155. The van der Waals surface area contributed by atoms with Crippen molar-refractivity contribution in [2.45, 2.75) is 33.2 Å². The van der Waals surface area contributed by atoms with Crippen LogP contribution in [0.4, 0.5) is 5.82 Å². The highest BCUT2D eigenvalue weighted by atomic mass is 35.5. The first-order valence-electron chi connectivity index (χ1n) is 6.69. The highest BCUT2D eigenvalue weighted by molar-refractivity contribution is 6.17. The molecule has 1 aromatic heterocycles. The Labute approximate surface area is 120 Å². The third-order valence-electron chi connectivity index (χ3n) is 3.36. The number of nitrogens with zero attached hydrogens (tertiary/aromatic N) is 1. The van der Waals surface area contributed by atoms with Gasteiger partial charge in [-0.15, -0.1) is 11.6 Å². The fourth-order valence-electron chi connectivity index (χ4n) is 2.16. The summed E-state index contributed by atoms with van der Waals surface area (Å²) in [6.45, 7) is 6.66. The molecule has 102 valence electrons. The molecule has 1 unspecified atom stereocenters. The van der Waals surface area contributed by atoms with Crippen molar-refractivity contribution >= 4 is 28.3 Å². The average Bonchev–Trinajstić information content (AvgIpc) is 2.37. The maximum atomic E-state index is 5.90. The van der Waals surface area contributed by atoms with Crippen molar-refractivity contribution in [3.8, 4) is 0 Å². The summed E-state index contributed by atoms with van der Waals surface area (Å²) in [5, 5.41) is 4.68. The zero-order valence-electron chi connectivity index (χ0n) is 11.8. The first kappa shape index (κ1) is 14.1. The molecule has 0 radical (unpaired) electrons. The fourth-order valence-corrected chi connectivity index (χ4v) is 2.37. The number of hydrogen-bond donors (Lipinski definition) is 1. The predicted molar refractivity (Wildman–Crippen MR) is 83.9 cm³/mol. The number of nitrogens with one attached hydrogen (secondary N) is 1. The zero-order valence-corrected chi connectivity index (χ0v) is 12.5. The number of alkyl halides is 1. The van der Waals surface area contributed by atoms with Crippen LogP contribution >= 0.6 is 11.6 Å². The summed E-state index contributed by atoms with van der Waals surface area (Å²) in [5.74, 6) is 1.58. The SMILES string of the molecule is CC(C)(C)C(CCCl)Nc1ccc2ccccc2n1. The minimum Gasteiger partial charge on any atom is -0.367 e. The van der Waals surface area contributed by atoms with Crippen molar-refractivity contribution in [1.29, 1.82) is 0 Å². The van der Waals surface area contributed by atoms with E-state index in [2.05, 4.69) is 43.2 Å². The molecule has 0 aliphatic heterocycles. The van der Waals surface area contributed by atoms with Crippen LogP contribution in [0.15, 0.2) is 36.4 Å². The van der Waals surface area contributed by atoms with E-state index >= 15 is 0 Å². The number of hydrogen-bond acceptors (Lipinski definition) is 2. The topological polar surface area (TPSA) is 24.9 Å². The Bertz CT molecular complexity index is 546. The minimum atomic E-state index is 0.155. The third-order valence-corrected chi connectivity index (χ3v) is 3.58. The van der Waals surface area contributed by atoms with Crippen LogP contribution in [0.2, 0.25) is 0 Å². The van der Waals surface area contributed by atoms with Gasteiger partial charge in [-0.2, -0.15) is 0 Å². The Morgan fingerprint density at radius 2 is 1.89 bits per heavy atom. The monoisotopic (exact) mass is 276 g/mol. The van der Waals surface area contributed by atoms with Crippen molar-refractivity contribution in [3.05, 3.63) is 36.4 Å². The third kappa shape index (κ3) is 3.60. The Morgan fingerprint density at radius 3 is 2.58 bits per heavy atom. The van der Waals surface area contributed by atoms with Gasteiger partial charge in [-0.25, -0.2) is 4.98 Å². The van der Waals surface area contributed by atoms with Gasteiger partial charge in [0, 0.05) is 17.3 Å². The summed E-state index contributed by atoms with van der Waals surface area (Å²) in [6.07, 6.45) is 0.930. The lowest BCUT2D eigenvalue weighted by Crippen LogP contribution is -2.34. The van der Waals surface area contributed by atoms with Crippen molar-refractivity contribution in [2.75, 3.05) is 11.2 Å². The maximum Gasteiger partial charge on any atom is 0.126 e. The van der Waals surface area contributed by atoms with E-state index in [1.165, 1.54) is 0 Å². The van der Waals surface area contributed by atoms with Gasteiger partial charge < -0.3 is 5.32 Å². The highest BCUT2D eigenvalue weighted by Gasteiger charge is 2.24. The normalized spacial score (nSPS) is 13.5. The van der Waals surface area contributed by atoms with Crippen molar-refractivity contribution in [3.63, 3.8) is 0 Å². The summed E-state index contributed by atoms with van der Waals surface area (Å²) in [7, 11) is 0. The van der Waals surface area contributed by atoms with E-state index in [-0.39, 0.29) is 5.41 Å². The Kier molecular flexibility index (Phi) is 4.31. The van der Waals surface area contributed by atoms with E-state index < -0.39 is 0 Å². The van der Waals surface area contributed by atoms with Gasteiger partial charge in [-0.3, -0.25) is 0 Å². The zero-order chi connectivity index (χ0) is 13.9. The Balaban J connectivity index is 2.23. The molecule has 0 spiro atoms. The van der Waals surface area contributed by atoms with E-state index in [4.69, 9.17) is 11.6 Å². The summed E-state index contributed by atoms with van der Waals surface area (Å²) >= 11 is 5.90. The van der Waals surface area contributed by atoms with E-state index in [1.54, 1.807) is 0 Å². The second-order valence-electron chi connectivity index (χ2n) is 5.93. The first-order chi connectivity index (χ1) is 9.00. The molecule has 3 heteroatoms. The van der Waals surface area contributed by atoms with Crippen molar-refractivity contribution in [1.82, 2.24) is 4.98 Å². The largest absolute Gasteiger partial charge is 0.367 e. The first-order valence-corrected chi connectivity index (χ1v) is 7.22. The molecule has 0 aliphatic rings. The molecule has 2 nitrogen and oxygen atoms in total. The van der Waals surface area contributed by atoms with Gasteiger partial charge in [0.05, 0.1) is 5.52 Å². The lowest BCUT2D eigenvalue weighted by atomic mass is 9.85. The average molecular weight is 277 g/mol. The number of para-hydroxylation sites is 1. The quantitative estimate of drug-likeness (QED) is 0.820. The lowest BCUT2D eigenvalue weighted by molar-refractivity contribution is 0.334. The number of rotatable bonds is 4. The van der Waals surface area contributed by atoms with E-state index in [9.17, 15) is 0 Å². The van der Waals surface area contributed by atoms with Crippen LogP contribution in [0.1, 0.15) is 27.2 Å². The summed E-state index contributed by atoms with van der Waals surface area (Å²) < 4.78 is 0. The molecule has 0 amide bonds. The maximum absolute atomic E-state index is 5.90. The van der Waals surface area contributed by atoms with Gasteiger partial charge in [-0.1, -0.05) is 39.0 Å². The molecule has 1 N–H and O–H groups in total. The number of halogens is 1. The molecule has 1 heterocycles. The molecular weight excluding hydrogens is 256 g/mol. The van der Waals surface area contributed by atoms with Crippen LogP contribution in [-0.4, -0.2) is 16.9 Å². The van der Waals surface area contributed by atoms with E-state index in [0.717, 1.165) is 23.1 Å².